The molecule has 0 aromatic heterocycles. The van der Waals surface area contributed by atoms with Gasteiger partial charge in [-0.15, -0.1) is 0 Å². The molecule has 0 spiro atoms. The Bertz CT molecular complexity index is 341. The second-order valence-corrected chi connectivity index (χ2v) is 7.95. The van der Waals surface area contributed by atoms with Crippen molar-refractivity contribution in [2.24, 2.45) is 5.92 Å². The molecule has 3 nitrogen and oxygen atoms in total. The average Bonchev–Trinajstić information content (AvgIpc) is 2.66. The molecule has 2 rings (SSSR count). The van der Waals surface area contributed by atoms with Crippen molar-refractivity contribution < 1.29 is 13.5 Å². The van der Waals surface area contributed by atoms with Crippen LogP contribution in [0, 0.1) is 5.92 Å². The van der Waals surface area contributed by atoms with Gasteiger partial charge in [-0.2, -0.15) is 0 Å². The maximum Gasteiger partial charge on any atom is 0.150 e. The van der Waals surface area contributed by atoms with E-state index in [0.717, 1.165) is 44.9 Å². The fourth-order valence-electron chi connectivity index (χ4n) is 3.42. The second kappa shape index (κ2) is 4.30. The molecular formula is C12H22O3S. The Kier molecular flexibility index (Phi) is 3.32. The molecule has 0 aromatic rings. The number of hydrogen-bond donors (Lipinski definition) is 1. The van der Waals surface area contributed by atoms with E-state index in [2.05, 4.69) is 0 Å². The monoisotopic (exact) mass is 246 g/mol. The van der Waals surface area contributed by atoms with E-state index in [1.807, 2.05) is 0 Å². The third-order valence-electron chi connectivity index (χ3n) is 4.46. The average molecular weight is 246 g/mol. The Balaban J connectivity index is 2.07. The van der Waals surface area contributed by atoms with E-state index in [-0.39, 0.29) is 11.2 Å². The molecule has 2 aliphatic rings. The molecule has 2 fully saturated rings. The van der Waals surface area contributed by atoms with Crippen LogP contribution in [0.2, 0.25) is 0 Å². The Hall–Kier alpha value is -0.0900. The Labute approximate surface area is 98.2 Å². The highest BCUT2D eigenvalue weighted by Crippen LogP contribution is 2.43. The number of rotatable bonds is 2. The summed E-state index contributed by atoms with van der Waals surface area (Å²) >= 11 is 0. The zero-order valence-electron chi connectivity index (χ0n) is 9.98. The molecule has 4 heteroatoms. The van der Waals surface area contributed by atoms with Gasteiger partial charge >= 0.3 is 0 Å². The van der Waals surface area contributed by atoms with E-state index >= 15 is 0 Å². The van der Waals surface area contributed by atoms with Crippen LogP contribution in [0.1, 0.15) is 51.4 Å². The lowest BCUT2D eigenvalue weighted by Crippen LogP contribution is -2.40. The summed E-state index contributed by atoms with van der Waals surface area (Å²) in [6.07, 6.45) is 8.67. The molecule has 0 aliphatic heterocycles. The number of aliphatic hydroxyl groups is 1. The zero-order chi connectivity index (χ0) is 11.8. The van der Waals surface area contributed by atoms with Crippen molar-refractivity contribution in [1.29, 1.82) is 0 Å². The standard InChI is InChI=1S/C12H22O3S/c1-16(14,15)11-6-4-5-10(9-11)12(13)7-2-3-8-12/h10-11,13H,2-9H2,1H3. The van der Waals surface area contributed by atoms with Gasteiger partial charge in [0.15, 0.2) is 0 Å². The minimum absolute atomic E-state index is 0.212. The van der Waals surface area contributed by atoms with Crippen molar-refractivity contribution in [1.82, 2.24) is 0 Å². The van der Waals surface area contributed by atoms with Crippen molar-refractivity contribution in [2.75, 3.05) is 6.26 Å². The highest BCUT2D eigenvalue weighted by atomic mass is 32.2. The van der Waals surface area contributed by atoms with Crippen LogP contribution in [0.3, 0.4) is 0 Å². The molecule has 2 atom stereocenters. The highest BCUT2D eigenvalue weighted by molar-refractivity contribution is 7.91. The molecule has 0 aromatic carbocycles. The first kappa shape index (κ1) is 12.4. The van der Waals surface area contributed by atoms with Crippen molar-refractivity contribution in [2.45, 2.75) is 62.2 Å². The molecule has 0 saturated heterocycles. The Morgan fingerprint density at radius 3 is 2.31 bits per heavy atom. The number of hydrogen-bond acceptors (Lipinski definition) is 3. The predicted molar refractivity (Wildman–Crippen MR) is 64.0 cm³/mol. The summed E-state index contributed by atoms with van der Waals surface area (Å²) in [6.45, 7) is 0. The van der Waals surface area contributed by atoms with E-state index < -0.39 is 15.4 Å². The fraction of sp³-hybridized carbons (Fsp3) is 1.00. The van der Waals surface area contributed by atoms with Crippen LogP contribution in [0.15, 0.2) is 0 Å². The highest BCUT2D eigenvalue weighted by Gasteiger charge is 2.43. The third kappa shape index (κ3) is 2.43. The van der Waals surface area contributed by atoms with Crippen molar-refractivity contribution in [3.63, 3.8) is 0 Å². The van der Waals surface area contributed by atoms with E-state index in [9.17, 15) is 13.5 Å². The van der Waals surface area contributed by atoms with Crippen LogP contribution in [-0.2, 0) is 9.84 Å². The van der Waals surface area contributed by atoms with Crippen molar-refractivity contribution >= 4 is 9.84 Å². The fourth-order valence-corrected chi connectivity index (χ4v) is 4.59. The number of sulfone groups is 1. The topological polar surface area (TPSA) is 54.4 Å². The van der Waals surface area contributed by atoms with Gasteiger partial charge in [0, 0.05) is 6.26 Å². The van der Waals surface area contributed by atoms with E-state index in [1.165, 1.54) is 6.26 Å². The van der Waals surface area contributed by atoms with Crippen LogP contribution in [0.4, 0.5) is 0 Å². The van der Waals surface area contributed by atoms with Crippen molar-refractivity contribution in [3.05, 3.63) is 0 Å². The molecule has 94 valence electrons. The maximum absolute atomic E-state index is 11.6. The van der Waals surface area contributed by atoms with Gasteiger partial charge in [-0.05, 0) is 38.0 Å². The summed E-state index contributed by atoms with van der Waals surface area (Å²) in [7, 11) is -2.93. The maximum atomic E-state index is 11.6. The Morgan fingerprint density at radius 2 is 1.75 bits per heavy atom. The largest absolute Gasteiger partial charge is 0.390 e. The van der Waals surface area contributed by atoms with Gasteiger partial charge in [-0.25, -0.2) is 8.42 Å². The normalized spacial score (nSPS) is 35.1. The first-order valence-electron chi connectivity index (χ1n) is 6.33. The van der Waals surface area contributed by atoms with Gasteiger partial charge in [0.25, 0.3) is 0 Å². The van der Waals surface area contributed by atoms with Crippen molar-refractivity contribution in [3.8, 4) is 0 Å². The zero-order valence-corrected chi connectivity index (χ0v) is 10.8. The first-order valence-corrected chi connectivity index (χ1v) is 8.28. The molecule has 0 heterocycles. The second-order valence-electron chi connectivity index (χ2n) is 5.63. The van der Waals surface area contributed by atoms with Crippen LogP contribution < -0.4 is 0 Å². The summed E-state index contributed by atoms with van der Waals surface area (Å²) in [5.74, 6) is 0.212. The molecule has 2 saturated carbocycles. The van der Waals surface area contributed by atoms with Gasteiger partial charge < -0.3 is 5.11 Å². The molecule has 0 radical (unpaired) electrons. The molecule has 2 aliphatic carbocycles. The molecule has 0 amide bonds. The molecule has 16 heavy (non-hydrogen) atoms. The van der Waals surface area contributed by atoms with Crippen LogP contribution in [-0.4, -0.2) is 30.6 Å². The SMILES string of the molecule is CS(=O)(=O)C1CCCC(C2(O)CCCC2)C1. The molecular weight excluding hydrogens is 224 g/mol. The lowest BCUT2D eigenvalue weighted by Gasteiger charge is -2.38. The van der Waals surface area contributed by atoms with E-state index in [1.54, 1.807) is 0 Å². The third-order valence-corrected chi connectivity index (χ3v) is 6.10. The molecule has 1 N–H and O–H groups in total. The van der Waals surface area contributed by atoms with Gasteiger partial charge in [-0.3, -0.25) is 0 Å². The smallest absolute Gasteiger partial charge is 0.150 e. The van der Waals surface area contributed by atoms with Crippen LogP contribution in [0.5, 0.6) is 0 Å². The molecule has 2 unspecified atom stereocenters. The predicted octanol–water partition coefficient (Wildman–Crippen LogP) is 1.89. The minimum Gasteiger partial charge on any atom is -0.390 e. The quantitative estimate of drug-likeness (QED) is 0.809. The summed E-state index contributed by atoms with van der Waals surface area (Å²) in [5.41, 5.74) is -0.552. The summed E-state index contributed by atoms with van der Waals surface area (Å²) in [5, 5.41) is 10.3. The van der Waals surface area contributed by atoms with Gasteiger partial charge in [0.05, 0.1) is 10.9 Å². The summed E-state index contributed by atoms with van der Waals surface area (Å²) in [4.78, 5) is 0. The first-order chi connectivity index (χ1) is 7.42. The van der Waals surface area contributed by atoms with Gasteiger partial charge in [-0.1, -0.05) is 19.3 Å². The summed E-state index contributed by atoms with van der Waals surface area (Å²) < 4.78 is 23.1. The van der Waals surface area contributed by atoms with E-state index in [4.69, 9.17) is 0 Å². The summed E-state index contributed by atoms with van der Waals surface area (Å²) in [6, 6.07) is 0. The van der Waals surface area contributed by atoms with Crippen LogP contribution >= 0.6 is 0 Å². The molecule has 0 bridgehead atoms. The lowest BCUT2D eigenvalue weighted by molar-refractivity contribution is -0.0261. The lowest BCUT2D eigenvalue weighted by atomic mass is 9.76. The van der Waals surface area contributed by atoms with Gasteiger partial charge in [0.2, 0.25) is 0 Å². The minimum atomic E-state index is -2.93. The van der Waals surface area contributed by atoms with Crippen LogP contribution in [0.25, 0.3) is 0 Å². The Morgan fingerprint density at radius 1 is 1.12 bits per heavy atom. The van der Waals surface area contributed by atoms with E-state index in [0.29, 0.717) is 6.42 Å². The van der Waals surface area contributed by atoms with Gasteiger partial charge in [0.1, 0.15) is 9.84 Å².